The van der Waals surface area contributed by atoms with Crippen LogP contribution in [-0.4, -0.2) is 74.2 Å². The predicted molar refractivity (Wildman–Crippen MR) is 236 cm³/mol. The lowest BCUT2D eigenvalue weighted by atomic mass is 9.99. The van der Waals surface area contributed by atoms with Gasteiger partial charge in [0.25, 0.3) is 0 Å². The maximum Gasteiger partial charge on any atom is 0.193 e. The van der Waals surface area contributed by atoms with Crippen molar-refractivity contribution in [1.29, 1.82) is 0 Å². The first-order chi connectivity index (χ1) is 25.8. The van der Waals surface area contributed by atoms with Crippen molar-refractivity contribution in [2.45, 2.75) is 199 Å². The van der Waals surface area contributed by atoms with Crippen LogP contribution in [0, 0.1) is 5.92 Å². The van der Waals surface area contributed by atoms with Gasteiger partial charge < -0.3 is 23.1 Å². The Labute approximate surface area is 340 Å². The molecule has 1 aromatic rings. The molecule has 1 unspecified atom stereocenters. The summed E-state index contributed by atoms with van der Waals surface area (Å²) in [4.78, 5) is 0.360. The third-order valence-corrected chi connectivity index (χ3v) is 23.0. The average molecular weight is 821 g/mol. The van der Waals surface area contributed by atoms with Crippen LogP contribution in [0.3, 0.4) is 0 Å². The topological polar surface area (TPSA) is 80.3 Å². The van der Waals surface area contributed by atoms with Gasteiger partial charge in [-0.05, 0) is 125 Å². The van der Waals surface area contributed by atoms with Gasteiger partial charge in [-0.2, -0.15) is 0 Å². The molecule has 1 aliphatic heterocycles. The number of rotatable bonds is 26. The molecule has 7 nitrogen and oxygen atoms in total. The van der Waals surface area contributed by atoms with E-state index >= 15 is 0 Å². The number of hydrogen-bond donors (Lipinski definition) is 0. The summed E-state index contributed by atoms with van der Waals surface area (Å²) in [6.45, 7) is 33.6. The first-order valence-corrected chi connectivity index (χ1v) is 28.4. The fourth-order valence-electron chi connectivity index (χ4n) is 7.25. The largest absolute Gasteiger partial charge is 0.408 e. The summed E-state index contributed by atoms with van der Waals surface area (Å²) in [6.07, 6.45) is 11.8. The molecule has 1 fully saturated rings. The minimum absolute atomic E-state index is 0.0243. The SMILES string of the molecule is C=C(CCCC)[C@H](O[Si](C)(C)C(C)(C)C)/C(C)=C/C=C/[C@@H](O[Si](CC)(CC)CC)[C@H]1CC[C@H](C[C@H](C[C@H](C)CS(=O)(=O)c2ccccc2)OC(C)OCC)O1. The van der Waals surface area contributed by atoms with Gasteiger partial charge in [-0.15, -0.1) is 0 Å². The summed E-state index contributed by atoms with van der Waals surface area (Å²) >= 11 is 0. The number of sulfone groups is 1. The van der Waals surface area contributed by atoms with E-state index in [0.717, 1.165) is 55.8 Å². The van der Waals surface area contributed by atoms with Crippen molar-refractivity contribution in [3.8, 4) is 0 Å². The average Bonchev–Trinajstić information content (AvgIpc) is 3.59. The molecule has 7 atom stereocenters. The Morgan fingerprint density at radius 1 is 1.00 bits per heavy atom. The van der Waals surface area contributed by atoms with E-state index < -0.39 is 32.8 Å². The molecule has 0 aliphatic carbocycles. The smallest absolute Gasteiger partial charge is 0.193 e. The zero-order valence-corrected chi connectivity index (χ0v) is 39.9. The highest BCUT2D eigenvalue weighted by Crippen LogP contribution is 2.40. The van der Waals surface area contributed by atoms with Crippen LogP contribution in [0.5, 0.6) is 0 Å². The Morgan fingerprint density at radius 2 is 1.64 bits per heavy atom. The van der Waals surface area contributed by atoms with Crippen LogP contribution in [0.2, 0.25) is 36.3 Å². The molecule has 0 N–H and O–H groups in total. The van der Waals surface area contributed by atoms with Crippen LogP contribution >= 0.6 is 0 Å². The Morgan fingerprint density at radius 3 is 2.20 bits per heavy atom. The lowest BCUT2D eigenvalue weighted by Crippen LogP contribution is -2.44. The molecule has 0 saturated carbocycles. The summed E-state index contributed by atoms with van der Waals surface area (Å²) < 4.78 is 59.7. The van der Waals surface area contributed by atoms with Gasteiger partial charge in [-0.1, -0.05) is 105 Å². The van der Waals surface area contributed by atoms with E-state index in [1.54, 1.807) is 24.3 Å². The molecule has 1 aliphatic rings. The van der Waals surface area contributed by atoms with Crippen LogP contribution in [0.4, 0.5) is 0 Å². The normalized spacial score (nSPS) is 20.4. The molecule has 316 valence electrons. The molecule has 0 bridgehead atoms. The highest BCUT2D eigenvalue weighted by Gasteiger charge is 2.41. The van der Waals surface area contributed by atoms with E-state index in [1.807, 2.05) is 26.8 Å². The first-order valence-electron chi connectivity index (χ1n) is 21.3. The lowest BCUT2D eigenvalue weighted by molar-refractivity contribution is -0.169. The third-order valence-electron chi connectivity index (χ3n) is 11.9. The zero-order valence-electron chi connectivity index (χ0n) is 37.1. The van der Waals surface area contributed by atoms with Crippen molar-refractivity contribution >= 4 is 26.5 Å². The highest BCUT2D eigenvalue weighted by molar-refractivity contribution is 7.91. The molecule has 0 aromatic heterocycles. The minimum atomic E-state index is -3.42. The van der Waals surface area contributed by atoms with Gasteiger partial charge in [-0.25, -0.2) is 8.42 Å². The Bertz CT molecular complexity index is 1420. The van der Waals surface area contributed by atoms with Crippen LogP contribution < -0.4 is 0 Å². The van der Waals surface area contributed by atoms with Gasteiger partial charge in [0.1, 0.15) is 0 Å². The van der Waals surface area contributed by atoms with Crippen molar-refractivity contribution < 1.29 is 31.5 Å². The molecule has 1 heterocycles. The van der Waals surface area contributed by atoms with Gasteiger partial charge in [0.15, 0.2) is 32.8 Å². The fraction of sp³-hybridized carbons (Fsp3) is 0.733. The van der Waals surface area contributed by atoms with E-state index in [1.165, 1.54) is 5.57 Å². The lowest BCUT2D eigenvalue weighted by Gasteiger charge is -2.40. The molecular formula is C45H80O7SSi2. The van der Waals surface area contributed by atoms with Crippen LogP contribution in [0.1, 0.15) is 121 Å². The zero-order chi connectivity index (χ0) is 41.5. The van der Waals surface area contributed by atoms with Crippen molar-refractivity contribution in [3.63, 3.8) is 0 Å². The molecule has 2 rings (SSSR count). The second-order valence-electron chi connectivity index (χ2n) is 17.5. The van der Waals surface area contributed by atoms with E-state index in [2.05, 4.69) is 93.3 Å². The summed E-state index contributed by atoms with van der Waals surface area (Å²) in [6, 6.07) is 11.9. The van der Waals surface area contributed by atoms with Crippen LogP contribution in [0.25, 0.3) is 0 Å². The molecule has 0 radical (unpaired) electrons. The summed E-state index contributed by atoms with van der Waals surface area (Å²) in [7, 11) is -7.44. The maximum atomic E-state index is 13.2. The quantitative estimate of drug-likeness (QED) is 0.0398. The molecule has 1 saturated heterocycles. The van der Waals surface area contributed by atoms with Gasteiger partial charge in [0.05, 0.1) is 41.2 Å². The number of hydrogen-bond acceptors (Lipinski definition) is 7. The molecule has 0 spiro atoms. The van der Waals surface area contributed by atoms with Crippen LogP contribution in [-0.2, 0) is 32.9 Å². The van der Waals surface area contributed by atoms with Gasteiger partial charge in [0, 0.05) is 6.61 Å². The van der Waals surface area contributed by atoms with Crippen LogP contribution in [0.15, 0.2) is 71.2 Å². The maximum absolute atomic E-state index is 13.2. The summed E-state index contributed by atoms with van der Waals surface area (Å²) in [5.74, 6) is -0.0456. The van der Waals surface area contributed by atoms with Gasteiger partial charge in [-0.3, -0.25) is 0 Å². The standard InChI is InChI=1S/C45H80O7SSi2/c1-15-20-25-36(7)44(52-54(13,14)45(10,11)12)37(8)26-24-29-43(51-55(17-3,18-4)19-5)42-31-30-39(50-42)33-40(49-38(9)48-16-2)32-35(6)34-53(46,47)41-27-22-21-23-28-41/h21-24,26-29,35,38-40,42-44H,7,15-20,25,30-34H2,1-6,8-14H3/b29-24+,37-26+/t35-,38?,39+,40-,42+,43+,44-/m0/s1. The molecule has 1 aromatic carbocycles. The second-order valence-corrected chi connectivity index (χ2v) is 29.0. The second kappa shape index (κ2) is 23.3. The van der Waals surface area contributed by atoms with E-state index in [9.17, 15) is 8.42 Å². The summed E-state index contributed by atoms with van der Waals surface area (Å²) in [5, 5.41) is 0.0964. The first kappa shape index (κ1) is 49.8. The Kier molecular flexibility index (Phi) is 21.1. The van der Waals surface area contributed by atoms with E-state index in [0.29, 0.717) is 24.3 Å². The number of unbranched alkanes of at least 4 members (excludes halogenated alkanes) is 1. The number of allylic oxidation sites excluding steroid dienone is 2. The van der Waals surface area contributed by atoms with Crippen molar-refractivity contribution in [3.05, 3.63) is 66.3 Å². The number of ether oxygens (including phenoxy) is 3. The van der Waals surface area contributed by atoms with Crippen molar-refractivity contribution in [1.82, 2.24) is 0 Å². The van der Waals surface area contributed by atoms with E-state index in [-0.39, 0.29) is 47.2 Å². The fourth-order valence-corrected chi connectivity index (χ4v) is 13.0. The van der Waals surface area contributed by atoms with E-state index in [4.69, 9.17) is 23.1 Å². The molecule has 55 heavy (non-hydrogen) atoms. The van der Waals surface area contributed by atoms with Gasteiger partial charge in [0.2, 0.25) is 0 Å². The minimum Gasteiger partial charge on any atom is -0.408 e. The Hall–Kier alpha value is -1.38. The summed E-state index contributed by atoms with van der Waals surface area (Å²) in [5.41, 5.74) is 2.32. The third kappa shape index (κ3) is 16.1. The number of benzene rings is 1. The van der Waals surface area contributed by atoms with Crippen molar-refractivity contribution in [2.75, 3.05) is 12.4 Å². The molecular weight excluding hydrogens is 741 g/mol. The molecule has 10 heteroatoms. The molecule has 0 amide bonds. The Balaban J connectivity index is 2.34. The van der Waals surface area contributed by atoms with Crippen molar-refractivity contribution in [2.24, 2.45) is 5.92 Å². The predicted octanol–water partition coefficient (Wildman–Crippen LogP) is 12.2. The highest BCUT2D eigenvalue weighted by atomic mass is 32.2. The van der Waals surface area contributed by atoms with Gasteiger partial charge >= 0.3 is 0 Å². The monoisotopic (exact) mass is 821 g/mol.